The van der Waals surface area contributed by atoms with Crippen molar-refractivity contribution < 1.29 is 9.47 Å². The Hall–Kier alpha value is -2.08. The van der Waals surface area contributed by atoms with Gasteiger partial charge >= 0.3 is 12.0 Å². The number of halogens is 1. The maximum atomic E-state index is 5.73. The molecule has 100 valence electrons. The summed E-state index contributed by atoms with van der Waals surface area (Å²) in [7, 11) is 2.96. The normalized spacial score (nSPS) is 10.1. The molecule has 0 amide bonds. The molecule has 0 saturated carbocycles. The van der Waals surface area contributed by atoms with Crippen molar-refractivity contribution in [2.24, 2.45) is 0 Å². The minimum absolute atomic E-state index is 0.187. The molecule has 0 fully saturated rings. The van der Waals surface area contributed by atoms with Crippen LogP contribution in [0.5, 0.6) is 12.0 Å². The molecule has 0 spiro atoms. The van der Waals surface area contributed by atoms with E-state index >= 15 is 0 Å². The van der Waals surface area contributed by atoms with E-state index in [0.29, 0.717) is 11.8 Å². The fourth-order valence-corrected chi connectivity index (χ4v) is 1.56. The standard InChI is InChI=1S/C12H13ClN4O2/c1-18-11-15-10(16-12(17-11)19-2)14-9-5-3-8(7-13)4-6-9/h3-6H,7H2,1-2H3,(H,14,15,16,17). The molecule has 0 bridgehead atoms. The van der Waals surface area contributed by atoms with Gasteiger partial charge in [0.25, 0.3) is 0 Å². The Labute approximate surface area is 115 Å². The van der Waals surface area contributed by atoms with Crippen LogP contribution >= 0.6 is 11.6 Å². The molecular weight excluding hydrogens is 268 g/mol. The van der Waals surface area contributed by atoms with Crippen LogP contribution in [0.15, 0.2) is 24.3 Å². The SMILES string of the molecule is COc1nc(Nc2ccc(CCl)cc2)nc(OC)n1. The number of hydrogen-bond acceptors (Lipinski definition) is 6. The summed E-state index contributed by atoms with van der Waals surface area (Å²) in [6.45, 7) is 0. The highest BCUT2D eigenvalue weighted by molar-refractivity contribution is 6.17. The topological polar surface area (TPSA) is 69.2 Å². The van der Waals surface area contributed by atoms with E-state index in [1.807, 2.05) is 24.3 Å². The third-order valence-corrected chi connectivity index (χ3v) is 2.63. The highest BCUT2D eigenvalue weighted by Gasteiger charge is 2.07. The molecule has 1 aromatic heterocycles. The van der Waals surface area contributed by atoms with Crippen LogP contribution < -0.4 is 14.8 Å². The minimum atomic E-state index is 0.187. The van der Waals surface area contributed by atoms with E-state index in [0.717, 1.165) is 11.3 Å². The van der Waals surface area contributed by atoms with Gasteiger partial charge in [-0.15, -0.1) is 16.6 Å². The van der Waals surface area contributed by atoms with E-state index in [4.69, 9.17) is 21.1 Å². The van der Waals surface area contributed by atoms with E-state index in [-0.39, 0.29) is 12.0 Å². The van der Waals surface area contributed by atoms with Crippen molar-refractivity contribution in [1.82, 2.24) is 15.0 Å². The van der Waals surface area contributed by atoms with Gasteiger partial charge in [0.2, 0.25) is 5.95 Å². The Bertz CT molecular complexity index is 526. The third-order valence-electron chi connectivity index (χ3n) is 2.32. The number of aromatic nitrogens is 3. The summed E-state index contributed by atoms with van der Waals surface area (Å²) in [5.74, 6) is 0.829. The average Bonchev–Trinajstić information content (AvgIpc) is 2.47. The van der Waals surface area contributed by atoms with Crippen molar-refractivity contribution in [2.45, 2.75) is 5.88 Å². The molecule has 6 nitrogen and oxygen atoms in total. The van der Waals surface area contributed by atoms with Crippen LogP contribution in [0.3, 0.4) is 0 Å². The average molecular weight is 281 g/mol. The molecule has 0 aliphatic rings. The summed E-state index contributed by atoms with van der Waals surface area (Å²) in [4.78, 5) is 12.1. The molecular formula is C12H13ClN4O2. The molecule has 0 radical (unpaired) electrons. The molecule has 2 rings (SSSR count). The lowest BCUT2D eigenvalue weighted by Crippen LogP contribution is -2.03. The summed E-state index contributed by atoms with van der Waals surface area (Å²) in [6, 6.07) is 8.00. The van der Waals surface area contributed by atoms with Gasteiger partial charge in [0.05, 0.1) is 14.2 Å². The molecule has 1 N–H and O–H groups in total. The first-order valence-electron chi connectivity index (χ1n) is 5.51. The van der Waals surface area contributed by atoms with Gasteiger partial charge in [-0.2, -0.15) is 9.97 Å². The molecule has 1 heterocycles. The molecule has 0 aliphatic heterocycles. The lowest BCUT2D eigenvalue weighted by atomic mass is 10.2. The second-order valence-corrected chi connectivity index (χ2v) is 3.86. The van der Waals surface area contributed by atoms with E-state index in [1.165, 1.54) is 14.2 Å². The first kappa shape index (κ1) is 13.4. The van der Waals surface area contributed by atoms with Crippen LogP contribution in [-0.4, -0.2) is 29.2 Å². The van der Waals surface area contributed by atoms with E-state index in [2.05, 4.69) is 20.3 Å². The molecule has 1 aromatic carbocycles. The second kappa shape index (κ2) is 6.19. The lowest BCUT2D eigenvalue weighted by molar-refractivity contribution is 0.341. The number of nitrogens with zero attached hydrogens (tertiary/aromatic N) is 3. The van der Waals surface area contributed by atoms with Crippen molar-refractivity contribution in [3.63, 3.8) is 0 Å². The van der Waals surface area contributed by atoms with Gasteiger partial charge in [-0.1, -0.05) is 12.1 Å². The Kier molecular flexibility index (Phi) is 4.35. The number of rotatable bonds is 5. The Morgan fingerprint density at radius 2 is 1.58 bits per heavy atom. The Morgan fingerprint density at radius 3 is 2.05 bits per heavy atom. The van der Waals surface area contributed by atoms with Crippen molar-refractivity contribution in [3.05, 3.63) is 29.8 Å². The summed E-state index contributed by atoms with van der Waals surface area (Å²) >= 11 is 5.73. The zero-order valence-corrected chi connectivity index (χ0v) is 11.3. The predicted octanol–water partition coefficient (Wildman–Crippen LogP) is 2.37. The fraction of sp³-hybridized carbons (Fsp3) is 0.250. The largest absolute Gasteiger partial charge is 0.467 e. The van der Waals surface area contributed by atoms with Crippen LogP contribution in [0.1, 0.15) is 5.56 Å². The lowest BCUT2D eigenvalue weighted by Gasteiger charge is -2.07. The Balaban J connectivity index is 2.21. The quantitative estimate of drug-likeness (QED) is 0.848. The van der Waals surface area contributed by atoms with Crippen molar-refractivity contribution >= 4 is 23.2 Å². The second-order valence-electron chi connectivity index (χ2n) is 3.59. The number of methoxy groups -OCH3 is 2. The zero-order chi connectivity index (χ0) is 13.7. The fourth-order valence-electron chi connectivity index (χ4n) is 1.38. The van der Waals surface area contributed by atoms with Crippen LogP contribution in [0.4, 0.5) is 11.6 Å². The Morgan fingerprint density at radius 1 is 1.00 bits per heavy atom. The predicted molar refractivity (Wildman–Crippen MR) is 72.2 cm³/mol. The van der Waals surface area contributed by atoms with Gasteiger partial charge in [0, 0.05) is 11.6 Å². The molecule has 2 aromatic rings. The first-order chi connectivity index (χ1) is 9.25. The molecule has 0 saturated heterocycles. The highest BCUT2D eigenvalue weighted by atomic mass is 35.5. The van der Waals surface area contributed by atoms with Crippen LogP contribution in [0.2, 0.25) is 0 Å². The van der Waals surface area contributed by atoms with Gasteiger partial charge in [0.1, 0.15) is 0 Å². The number of ether oxygens (including phenoxy) is 2. The first-order valence-corrected chi connectivity index (χ1v) is 6.04. The molecule has 0 unspecified atom stereocenters. The summed E-state index contributed by atoms with van der Waals surface area (Å²) in [5.41, 5.74) is 1.88. The van der Waals surface area contributed by atoms with E-state index < -0.39 is 0 Å². The monoisotopic (exact) mass is 280 g/mol. The van der Waals surface area contributed by atoms with Crippen molar-refractivity contribution in [2.75, 3.05) is 19.5 Å². The summed E-state index contributed by atoms with van der Waals surface area (Å²) in [6.07, 6.45) is 0. The smallest absolute Gasteiger partial charge is 0.324 e. The number of alkyl halides is 1. The summed E-state index contributed by atoms with van der Waals surface area (Å²) in [5, 5.41) is 3.04. The molecule has 0 atom stereocenters. The highest BCUT2D eigenvalue weighted by Crippen LogP contribution is 2.18. The number of hydrogen-bond donors (Lipinski definition) is 1. The van der Waals surface area contributed by atoms with Gasteiger partial charge in [0.15, 0.2) is 0 Å². The van der Waals surface area contributed by atoms with E-state index in [1.54, 1.807) is 0 Å². The number of benzene rings is 1. The van der Waals surface area contributed by atoms with E-state index in [9.17, 15) is 0 Å². The molecule has 7 heteroatoms. The van der Waals surface area contributed by atoms with Crippen LogP contribution in [-0.2, 0) is 5.88 Å². The third kappa shape index (κ3) is 3.45. The number of anilines is 2. The van der Waals surface area contributed by atoms with Crippen molar-refractivity contribution in [1.29, 1.82) is 0 Å². The van der Waals surface area contributed by atoms with Crippen LogP contribution in [0, 0.1) is 0 Å². The maximum absolute atomic E-state index is 5.73. The minimum Gasteiger partial charge on any atom is -0.467 e. The van der Waals surface area contributed by atoms with Gasteiger partial charge < -0.3 is 14.8 Å². The number of nitrogens with one attached hydrogen (secondary N) is 1. The zero-order valence-electron chi connectivity index (χ0n) is 10.6. The maximum Gasteiger partial charge on any atom is 0.324 e. The molecule has 19 heavy (non-hydrogen) atoms. The van der Waals surface area contributed by atoms with Crippen LogP contribution in [0.25, 0.3) is 0 Å². The van der Waals surface area contributed by atoms with Gasteiger partial charge in [-0.05, 0) is 17.7 Å². The summed E-state index contributed by atoms with van der Waals surface area (Å²) < 4.78 is 9.94. The molecule has 0 aliphatic carbocycles. The van der Waals surface area contributed by atoms with Gasteiger partial charge in [-0.25, -0.2) is 0 Å². The van der Waals surface area contributed by atoms with Gasteiger partial charge in [-0.3, -0.25) is 0 Å². The van der Waals surface area contributed by atoms with Crippen molar-refractivity contribution in [3.8, 4) is 12.0 Å².